The lowest BCUT2D eigenvalue weighted by Crippen LogP contribution is -2.21. The maximum atomic E-state index is 14.1. The number of fused-ring (bicyclic) bond motifs is 1. The van der Waals surface area contributed by atoms with E-state index in [-0.39, 0.29) is 29.8 Å². The van der Waals surface area contributed by atoms with E-state index in [1.54, 1.807) is 17.5 Å². The molecule has 1 amide bonds. The van der Waals surface area contributed by atoms with E-state index in [0.29, 0.717) is 34.0 Å². The molecule has 0 aliphatic heterocycles. The molecule has 0 spiro atoms. The number of hydrogen-bond acceptors (Lipinski definition) is 5. The molecule has 5 nitrogen and oxygen atoms in total. The molecule has 2 N–H and O–H groups in total. The van der Waals surface area contributed by atoms with Gasteiger partial charge in [0.1, 0.15) is 22.4 Å². The number of nitrogens with one attached hydrogen (secondary N) is 1. The zero-order valence-electron chi connectivity index (χ0n) is 15.4. The molecule has 1 atom stereocenters. The van der Waals surface area contributed by atoms with E-state index in [9.17, 15) is 18.7 Å². The molecule has 1 aromatic heterocycles. The summed E-state index contributed by atoms with van der Waals surface area (Å²) in [6, 6.07) is 8.50. The zero-order valence-corrected chi connectivity index (χ0v) is 16.3. The molecule has 2 aromatic carbocycles. The lowest BCUT2D eigenvalue weighted by Gasteiger charge is -2.06. The summed E-state index contributed by atoms with van der Waals surface area (Å²) in [5, 5.41) is 16.6. The number of aromatic nitrogens is 1. The van der Waals surface area contributed by atoms with Gasteiger partial charge in [-0.1, -0.05) is 6.92 Å². The van der Waals surface area contributed by atoms with Crippen molar-refractivity contribution in [3.8, 4) is 16.3 Å². The minimum absolute atomic E-state index is 0.0199. The highest BCUT2D eigenvalue weighted by Gasteiger charge is 2.30. The monoisotopic (exact) mass is 413 g/mol. The molecule has 29 heavy (non-hydrogen) atoms. The number of hydrazone groups is 1. The Morgan fingerprint density at radius 2 is 2.03 bits per heavy atom. The first-order valence-corrected chi connectivity index (χ1v) is 9.88. The molecule has 0 fully saturated rings. The number of aromatic hydroxyl groups is 1. The number of amides is 1. The number of phenolic OH excluding ortho intramolecular Hbond substituents is 1. The molecule has 0 unspecified atom stereocenters. The van der Waals surface area contributed by atoms with Crippen LogP contribution in [0.3, 0.4) is 0 Å². The molecule has 0 saturated carbocycles. The van der Waals surface area contributed by atoms with Crippen molar-refractivity contribution in [2.75, 3.05) is 0 Å². The van der Waals surface area contributed by atoms with Crippen LogP contribution in [0.4, 0.5) is 8.78 Å². The number of benzene rings is 2. The minimum atomic E-state index is -0.391. The lowest BCUT2D eigenvalue weighted by molar-refractivity contribution is -0.120. The van der Waals surface area contributed by atoms with Gasteiger partial charge in [0.2, 0.25) is 5.91 Å². The van der Waals surface area contributed by atoms with Crippen LogP contribution in [0.5, 0.6) is 5.75 Å². The van der Waals surface area contributed by atoms with E-state index in [0.717, 1.165) is 5.56 Å². The second-order valence-corrected chi connectivity index (χ2v) is 7.74. The molecule has 148 valence electrons. The number of halogens is 2. The van der Waals surface area contributed by atoms with Gasteiger partial charge in [-0.25, -0.2) is 19.2 Å². The smallest absolute Gasteiger partial charge is 0.246 e. The summed E-state index contributed by atoms with van der Waals surface area (Å²) < 4.78 is 27.1. The van der Waals surface area contributed by atoms with E-state index >= 15 is 0 Å². The summed E-state index contributed by atoms with van der Waals surface area (Å²) in [6.07, 6.45) is 0.446. The highest BCUT2D eigenvalue weighted by atomic mass is 32.1. The average molecular weight is 413 g/mol. The Hall–Kier alpha value is -3.13. The van der Waals surface area contributed by atoms with Crippen LogP contribution >= 0.6 is 11.3 Å². The van der Waals surface area contributed by atoms with Crippen molar-refractivity contribution < 1.29 is 18.7 Å². The van der Waals surface area contributed by atoms with Crippen molar-refractivity contribution in [2.24, 2.45) is 5.10 Å². The number of nitrogens with zero attached hydrogens (tertiary/aromatic N) is 2. The van der Waals surface area contributed by atoms with E-state index in [1.165, 1.54) is 35.6 Å². The molecular weight excluding hydrogens is 396 g/mol. The van der Waals surface area contributed by atoms with Crippen LogP contribution in [0.15, 0.2) is 46.9 Å². The summed E-state index contributed by atoms with van der Waals surface area (Å²) in [5.41, 5.74) is 5.03. The summed E-state index contributed by atoms with van der Waals surface area (Å²) in [5.74, 6) is -1.27. The van der Waals surface area contributed by atoms with E-state index in [2.05, 4.69) is 15.5 Å². The number of carbonyl (C=O) groups excluding carboxylic acids is 1. The van der Waals surface area contributed by atoms with Gasteiger partial charge in [0, 0.05) is 22.1 Å². The van der Waals surface area contributed by atoms with Crippen molar-refractivity contribution >= 4 is 23.0 Å². The van der Waals surface area contributed by atoms with Crippen molar-refractivity contribution in [1.29, 1.82) is 0 Å². The molecular formula is C21H17F2N3O2S. The van der Waals surface area contributed by atoms with Gasteiger partial charge < -0.3 is 5.11 Å². The zero-order chi connectivity index (χ0) is 20.5. The summed E-state index contributed by atoms with van der Waals surface area (Å²) in [4.78, 5) is 16.7. The van der Waals surface area contributed by atoms with E-state index < -0.39 is 5.82 Å². The van der Waals surface area contributed by atoms with E-state index in [4.69, 9.17) is 0 Å². The topological polar surface area (TPSA) is 74.6 Å². The van der Waals surface area contributed by atoms with Crippen LogP contribution in [0.2, 0.25) is 0 Å². The van der Waals surface area contributed by atoms with Crippen LogP contribution in [0.25, 0.3) is 10.6 Å². The normalized spacial score (nSPS) is 16.8. The minimum Gasteiger partial charge on any atom is -0.507 e. The largest absolute Gasteiger partial charge is 0.507 e. The lowest BCUT2D eigenvalue weighted by atomic mass is 10.0. The Labute approximate surface area is 169 Å². The first-order chi connectivity index (χ1) is 13.9. The number of rotatable bonds is 4. The Bertz CT molecular complexity index is 1110. The fourth-order valence-electron chi connectivity index (χ4n) is 3.41. The highest BCUT2D eigenvalue weighted by Crippen LogP contribution is 2.39. The van der Waals surface area contributed by atoms with Gasteiger partial charge in [-0.15, -0.1) is 11.3 Å². The van der Waals surface area contributed by atoms with Gasteiger partial charge in [0.05, 0.1) is 17.8 Å². The molecule has 0 radical (unpaired) electrons. The van der Waals surface area contributed by atoms with Gasteiger partial charge in [-0.2, -0.15) is 5.10 Å². The van der Waals surface area contributed by atoms with E-state index in [1.807, 2.05) is 6.92 Å². The number of hydrogen-bond donors (Lipinski definition) is 2. The number of phenols is 1. The second kappa shape index (κ2) is 7.71. The molecule has 0 bridgehead atoms. The SMILES string of the molecule is C[C@@H]1C/C(=N\NC(=O)Cc2csc(-c3ccc(F)cc3)n2)c2c(O)ccc(F)c21. The fourth-order valence-corrected chi connectivity index (χ4v) is 4.24. The molecule has 8 heteroatoms. The van der Waals surface area contributed by atoms with Crippen molar-refractivity contribution in [3.05, 3.63) is 70.2 Å². The van der Waals surface area contributed by atoms with Gasteiger partial charge in [0.25, 0.3) is 0 Å². The predicted octanol–water partition coefficient (Wildman–Crippen LogP) is 4.36. The third-order valence-corrected chi connectivity index (χ3v) is 5.69. The van der Waals surface area contributed by atoms with Gasteiger partial charge >= 0.3 is 0 Å². The Morgan fingerprint density at radius 3 is 2.79 bits per heavy atom. The molecule has 1 heterocycles. The first kappa shape index (κ1) is 19.2. The number of carbonyl (C=O) groups is 1. The highest BCUT2D eigenvalue weighted by molar-refractivity contribution is 7.13. The van der Waals surface area contributed by atoms with Crippen molar-refractivity contribution in [3.63, 3.8) is 0 Å². The second-order valence-electron chi connectivity index (χ2n) is 6.88. The van der Waals surface area contributed by atoms with Crippen molar-refractivity contribution in [1.82, 2.24) is 10.4 Å². The average Bonchev–Trinajstić information content (AvgIpc) is 3.29. The first-order valence-electron chi connectivity index (χ1n) is 9.00. The fraction of sp³-hybridized carbons (Fsp3) is 0.190. The van der Waals surface area contributed by atoms with Gasteiger partial charge in [-0.05, 0) is 48.7 Å². The van der Waals surface area contributed by atoms with Crippen LogP contribution in [-0.4, -0.2) is 21.7 Å². The third-order valence-electron chi connectivity index (χ3n) is 4.75. The van der Waals surface area contributed by atoms with Gasteiger partial charge in [0.15, 0.2) is 0 Å². The molecule has 3 aromatic rings. The maximum Gasteiger partial charge on any atom is 0.246 e. The van der Waals surface area contributed by atoms with Crippen LogP contribution in [0.1, 0.15) is 36.1 Å². The van der Waals surface area contributed by atoms with Gasteiger partial charge in [-0.3, -0.25) is 4.79 Å². The Morgan fingerprint density at radius 1 is 1.28 bits per heavy atom. The number of thiazole rings is 1. The molecule has 1 aliphatic carbocycles. The Balaban J connectivity index is 1.46. The molecule has 4 rings (SSSR count). The van der Waals surface area contributed by atoms with Crippen LogP contribution in [-0.2, 0) is 11.2 Å². The Kier molecular flexibility index (Phi) is 5.10. The molecule has 1 aliphatic rings. The third kappa shape index (κ3) is 3.88. The summed E-state index contributed by atoms with van der Waals surface area (Å²) >= 11 is 1.36. The van der Waals surface area contributed by atoms with Crippen LogP contribution < -0.4 is 5.43 Å². The quantitative estimate of drug-likeness (QED) is 0.624. The summed E-state index contributed by atoms with van der Waals surface area (Å²) in [6.45, 7) is 1.85. The standard InChI is InChI=1S/C21H17F2N3O2S/c1-11-8-16(20-17(27)7-6-15(23)19(11)20)25-26-18(28)9-14-10-29-21(24-14)12-2-4-13(22)5-3-12/h2-7,10-11,27H,8-9H2,1H3,(H,26,28)/b25-16+/t11-/m1/s1. The molecule has 0 saturated heterocycles. The predicted molar refractivity (Wildman–Crippen MR) is 107 cm³/mol. The summed E-state index contributed by atoms with van der Waals surface area (Å²) in [7, 11) is 0. The maximum absolute atomic E-state index is 14.1. The van der Waals surface area contributed by atoms with Crippen molar-refractivity contribution in [2.45, 2.75) is 25.7 Å². The van der Waals surface area contributed by atoms with Crippen LogP contribution in [0, 0.1) is 11.6 Å².